The van der Waals surface area contributed by atoms with Crippen LogP contribution in [-0.2, 0) is 28.5 Å². The standard InChI is InChI=1S/C19H22N4O2.C9H7FN2/c1-3-25-17(24)10-19(13-11-21-23(2)12-13)18-15(8-9-20-19)14-6-4-5-7-16(14)22-18;10-8-3-1-7(2-4-8)9-5-11-6-12-9/h4-7,11-12,20,22H,3,8-10H2,1-2H3;1-6H,(H,11,12). The molecule has 0 radical (unpaired) electrons. The number of hydrogen-bond acceptors (Lipinski definition) is 5. The van der Waals surface area contributed by atoms with Crippen LogP contribution in [0, 0.1) is 5.82 Å². The first-order valence-corrected chi connectivity index (χ1v) is 12.2. The first-order valence-electron chi connectivity index (χ1n) is 12.2. The molecule has 0 saturated carbocycles. The molecule has 5 aromatic rings. The summed E-state index contributed by atoms with van der Waals surface area (Å²) in [4.78, 5) is 22.8. The van der Waals surface area contributed by atoms with Crippen molar-refractivity contribution in [1.82, 2.24) is 30.0 Å². The van der Waals surface area contributed by atoms with Gasteiger partial charge in [-0.1, -0.05) is 18.2 Å². The van der Waals surface area contributed by atoms with Crippen molar-refractivity contribution in [3.8, 4) is 11.3 Å². The van der Waals surface area contributed by atoms with Gasteiger partial charge in [-0.15, -0.1) is 0 Å². The lowest BCUT2D eigenvalue weighted by atomic mass is 9.80. The Bertz CT molecular complexity index is 1490. The van der Waals surface area contributed by atoms with Crippen LogP contribution >= 0.6 is 0 Å². The van der Waals surface area contributed by atoms with E-state index >= 15 is 0 Å². The van der Waals surface area contributed by atoms with Gasteiger partial charge in [-0.3, -0.25) is 9.48 Å². The normalized spacial score (nSPS) is 16.6. The van der Waals surface area contributed by atoms with Crippen LogP contribution in [0.2, 0.25) is 0 Å². The van der Waals surface area contributed by atoms with Crippen LogP contribution in [0.25, 0.3) is 22.2 Å². The van der Waals surface area contributed by atoms with E-state index in [-0.39, 0.29) is 18.2 Å². The molecule has 2 aromatic carbocycles. The van der Waals surface area contributed by atoms with Crippen LogP contribution in [0.5, 0.6) is 0 Å². The molecule has 1 atom stereocenters. The van der Waals surface area contributed by atoms with Gasteiger partial charge in [0.1, 0.15) is 5.82 Å². The van der Waals surface area contributed by atoms with Crippen LogP contribution < -0.4 is 5.32 Å². The zero-order chi connectivity index (χ0) is 25.8. The molecule has 190 valence electrons. The van der Waals surface area contributed by atoms with Crippen molar-refractivity contribution in [2.75, 3.05) is 13.2 Å². The van der Waals surface area contributed by atoms with E-state index in [0.29, 0.717) is 6.61 Å². The van der Waals surface area contributed by atoms with Gasteiger partial charge in [0.2, 0.25) is 0 Å². The van der Waals surface area contributed by atoms with Crippen molar-refractivity contribution < 1.29 is 13.9 Å². The number of rotatable bonds is 5. The predicted molar refractivity (Wildman–Crippen MR) is 139 cm³/mol. The van der Waals surface area contributed by atoms with Crippen molar-refractivity contribution in [3.05, 3.63) is 96.1 Å². The fraction of sp³-hybridized carbons (Fsp3) is 0.250. The molecule has 0 aliphatic carbocycles. The van der Waals surface area contributed by atoms with E-state index in [4.69, 9.17) is 4.74 Å². The highest BCUT2D eigenvalue weighted by atomic mass is 19.1. The molecule has 1 aliphatic heterocycles. The van der Waals surface area contributed by atoms with Crippen molar-refractivity contribution in [1.29, 1.82) is 0 Å². The van der Waals surface area contributed by atoms with Crippen LogP contribution in [-0.4, -0.2) is 43.9 Å². The smallest absolute Gasteiger partial charge is 0.308 e. The Morgan fingerprint density at radius 2 is 1.97 bits per heavy atom. The number of aromatic amines is 2. The lowest BCUT2D eigenvalue weighted by Crippen LogP contribution is -2.49. The second-order valence-electron chi connectivity index (χ2n) is 8.96. The number of nitrogens with zero attached hydrogens (tertiary/aromatic N) is 3. The highest BCUT2D eigenvalue weighted by Gasteiger charge is 2.43. The average Bonchev–Trinajstić information content (AvgIpc) is 3.66. The number of H-pyrrole nitrogens is 2. The van der Waals surface area contributed by atoms with Crippen LogP contribution in [0.4, 0.5) is 4.39 Å². The van der Waals surface area contributed by atoms with Crippen molar-refractivity contribution in [3.63, 3.8) is 0 Å². The molecule has 8 nitrogen and oxygen atoms in total. The molecule has 9 heteroatoms. The number of hydrogen-bond donors (Lipinski definition) is 3. The largest absolute Gasteiger partial charge is 0.466 e. The summed E-state index contributed by atoms with van der Waals surface area (Å²) in [7, 11) is 1.89. The zero-order valence-electron chi connectivity index (χ0n) is 20.8. The minimum Gasteiger partial charge on any atom is -0.466 e. The lowest BCUT2D eigenvalue weighted by Gasteiger charge is -2.37. The van der Waals surface area contributed by atoms with Gasteiger partial charge < -0.3 is 20.0 Å². The van der Waals surface area contributed by atoms with E-state index in [9.17, 15) is 9.18 Å². The van der Waals surface area contributed by atoms with Gasteiger partial charge in [0, 0.05) is 41.9 Å². The summed E-state index contributed by atoms with van der Waals surface area (Å²) in [6.45, 7) is 3.00. The van der Waals surface area contributed by atoms with E-state index in [0.717, 1.165) is 41.0 Å². The highest BCUT2D eigenvalue weighted by molar-refractivity contribution is 5.86. The van der Waals surface area contributed by atoms with E-state index in [1.165, 1.54) is 23.1 Å². The number of ether oxygens (including phenoxy) is 1. The quantitative estimate of drug-likeness (QED) is 0.310. The fourth-order valence-corrected chi connectivity index (χ4v) is 4.93. The van der Waals surface area contributed by atoms with Gasteiger partial charge in [-0.25, -0.2) is 9.37 Å². The first-order chi connectivity index (χ1) is 18.0. The third kappa shape index (κ3) is 4.90. The Kier molecular flexibility index (Phi) is 6.87. The minimum atomic E-state index is -0.646. The van der Waals surface area contributed by atoms with Crippen molar-refractivity contribution >= 4 is 16.9 Å². The number of carbonyl (C=O) groups is 1. The number of halogens is 1. The molecule has 0 spiro atoms. The van der Waals surface area contributed by atoms with Crippen molar-refractivity contribution in [2.24, 2.45) is 7.05 Å². The van der Waals surface area contributed by atoms with Gasteiger partial charge in [-0.2, -0.15) is 5.10 Å². The molecule has 0 saturated heterocycles. The number of para-hydroxylation sites is 1. The number of aryl methyl sites for hydroxylation is 1. The Morgan fingerprint density at radius 1 is 1.16 bits per heavy atom. The minimum absolute atomic E-state index is 0.217. The first kappa shape index (κ1) is 24.5. The number of imidazole rings is 1. The topological polar surface area (TPSA) is 101 Å². The third-order valence-corrected chi connectivity index (χ3v) is 6.61. The second kappa shape index (κ2) is 10.4. The van der Waals surface area contributed by atoms with Gasteiger partial charge in [0.05, 0.1) is 43.0 Å². The molecule has 0 bridgehead atoms. The summed E-state index contributed by atoms with van der Waals surface area (Å²) in [5.41, 5.74) is 5.56. The van der Waals surface area contributed by atoms with E-state index in [1.54, 1.807) is 29.3 Å². The van der Waals surface area contributed by atoms with Gasteiger partial charge in [-0.05, 0) is 54.8 Å². The third-order valence-electron chi connectivity index (χ3n) is 6.61. The maximum atomic E-state index is 12.5. The molecule has 6 rings (SSSR count). The molecule has 3 N–H and O–H groups in total. The Balaban J connectivity index is 0.000000195. The van der Waals surface area contributed by atoms with Crippen LogP contribution in [0.15, 0.2) is 73.4 Å². The predicted octanol–water partition coefficient (Wildman–Crippen LogP) is 4.46. The number of nitrogens with one attached hydrogen (secondary N) is 3. The molecule has 0 amide bonds. The summed E-state index contributed by atoms with van der Waals surface area (Å²) < 4.78 is 19.5. The van der Waals surface area contributed by atoms with Crippen molar-refractivity contribution in [2.45, 2.75) is 25.3 Å². The average molecular weight is 501 g/mol. The van der Waals surface area contributed by atoms with E-state index < -0.39 is 5.54 Å². The van der Waals surface area contributed by atoms with Gasteiger partial charge in [0.25, 0.3) is 0 Å². The SMILES string of the molecule is CCOC(=O)CC1(c2cnn(C)c2)NCCc2c1[nH]c1ccccc21.Fc1ccc(-c2cnc[nH]2)cc1. The molecule has 3 aromatic heterocycles. The molecular weight excluding hydrogens is 471 g/mol. The number of esters is 1. The maximum Gasteiger partial charge on any atom is 0.308 e. The number of carbonyl (C=O) groups excluding carboxylic acids is 1. The Labute approximate surface area is 213 Å². The maximum absolute atomic E-state index is 12.5. The summed E-state index contributed by atoms with van der Waals surface area (Å²) in [5.74, 6) is -0.441. The number of benzene rings is 2. The molecule has 0 fully saturated rings. The van der Waals surface area contributed by atoms with E-state index in [1.807, 2.05) is 32.4 Å². The summed E-state index contributed by atoms with van der Waals surface area (Å²) in [6.07, 6.45) is 8.24. The number of aromatic nitrogens is 5. The van der Waals surface area contributed by atoms with Gasteiger partial charge >= 0.3 is 5.97 Å². The Hall–Kier alpha value is -4.24. The second-order valence-corrected chi connectivity index (χ2v) is 8.96. The van der Waals surface area contributed by atoms with E-state index in [2.05, 4.69) is 43.6 Å². The highest BCUT2D eigenvalue weighted by Crippen LogP contribution is 2.40. The lowest BCUT2D eigenvalue weighted by molar-refractivity contribution is -0.144. The van der Waals surface area contributed by atoms with Crippen LogP contribution in [0.3, 0.4) is 0 Å². The molecule has 1 unspecified atom stereocenters. The summed E-state index contributed by atoms with van der Waals surface area (Å²) in [6, 6.07) is 14.6. The molecule has 37 heavy (non-hydrogen) atoms. The Morgan fingerprint density at radius 3 is 2.68 bits per heavy atom. The monoisotopic (exact) mass is 500 g/mol. The molecule has 4 heterocycles. The van der Waals surface area contributed by atoms with Crippen LogP contribution in [0.1, 0.15) is 30.2 Å². The van der Waals surface area contributed by atoms with Gasteiger partial charge in [0.15, 0.2) is 0 Å². The fourth-order valence-electron chi connectivity index (χ4n) is 4.93. The summed E-state index contributed by atoms with van der Waals surface area (Å²) in [5, 5.41) is 9.13. The number of fused-ring (bicyclic) bond motifs is 3. The molecular formula is C28H29FN6O2. The summed E-state index contributed by atoms with van der Waals surface area (Å²) >= 11 is 0. The zero-order valence-corrected chi connectivity index (χ0v) is 20.8. The molecule has 1 aliphatic rings.